The Morgan fingerprint density at radius 2 is 1.93 bits per heavy atom. The molecule has 0 unspecified atom stereocenters. The van der Waals surface area contributed by atoms with Gasteiger partial charge in [-0.1, -0.05) is 17.7 Å². The van der Waals surface area contributed by atoms with E-state index in [1.165, 1.54) is 5.56 Å². The molecule has 1 aliphatic heterocycles. The third-order valence-electron chi connectivity index (χ3n) is 5.47. The zero-order chi connectivity index (χ0) is 20.9. The Morgan fingerprint density at radius 1 is 1.17 bits per heavy atom. The number of hydrogen-bond acceptors (Lipinski definition) is 4. The second-order valence-corrected chi connectivity index (χ2v) is 7.73. The molecule has 158 valence electrons. The molecule has 7 heteroatoms. The quantitative estimate of drug-likeness (QED) is 0.612. The van der Waals surface area contributed by atoms with E-state index < -0.39 is 0 Å². The van der Waals surface area contributed by atoms with Gasteiger partial charge < -0.3 is 14.6 Å². The molecule has 0 bridgehead atoms. The number of carbonyl (C=O) groups is 1. The van der Waals surface area contributed by atoms with Crippen LogP contribution in [0.3, 0.4) is 0 Å². The van der Waals surface area contributed by atoms with Crippen molar-refractivity contribution in [1.29, 1.82) is 0 Å². The van der Waals surface area contributed by atoms with E-state index in [0.29, 0.717) is 12.2 Å². The van der Waals surface area contributed by atoms with Crippen LogP contribution in [0.2, 0.25) is 0 Å². The third-order valence-corrected chi connectivity index (χ3v) is 5.47. The molecule has 1 saturated heterocycles. The van der Waals surface area contributed by atoms with Crippen molar-refractivity contribution in [2.75, 3.05) is 39.4 Å². The summed E-state index contributed by atoms with van der Waals surface area (Å²) in [4.78, 5) is 15.4. The van der Waals surface area contributed by atoms with Crippen molar-refractivity contribution in [2.24, 2.45) is 7.05 Å². The molecule has 0 aliphatic carbocycles. The topological polar surface area (TPSA) is 64.3 Å². The van der Waals surface area contributed by atoms with E-state index >= 15 is 0 Å². The highest BCUT2D eigenvalue weighted by molar-refractivity contribution is 5.94. The monoisotopic (exact) mass is 407 g/mol. The maximum absolute atomic E-state index is 13.0. The first-order valence-corrected chi connectivity index (χ1v) is 10.5. The maximum atomic E-state index is 13.0. The predicted octanol–water partition coefficient (Wildman–Crippen LogP) is 2.64. The fourth-order valence-corrected chi connectivity index (χ4v) is 3.70. The number of rotatable bonds is 7. The van der Waals surface area contributed by atoms with E-state index in [9.17, 15) is 4.79 Å². The fraction of sp³-hybridized carbons (Fsp3) is 0.391. The molecular formula is C23H29N5O2. The average Bonchev–Trinajstić information content (AvgIpc) is 3.39. The van der Waals surface area contributed by atoms with Gasteiger partial charge in [0.2, 0.25) is 0 Å². The van der Waals surface area contributed by atoms with Crippen LogP contribution in [0.1, 0.15) is 22.5 Å². The summed E-state index contributed by atoms with van der Waals surface area (Å²) >= 11 is 0. The first-order valence-electron chi connectivity index (χ1n) is 10.5. The van der Waals surface area contributed by atoms with E-state index in [0.717, 1.165) is 56.3 Å². The Kier molecular flexibility index (Phi) is 6.30. The van der Waals surface area contributed by atoms with Gasteiger partial charge in [-0.3, -0.25) is 9.69 Å². The van der Waals surface area contributed by atoms with Gasteiger partial charge in [-0.05, 0) is 50.2 Å². The molecule has 7 nitrogen and oxygen atoms in total. The molecular weight excluding hydrogens is 378 g/mol. The lowest BCUT2D eigenvalue weighted by Gasteiger charge is -2.26. The number of aromatic nitrogens is 3. The number of nitrogens with one attached hydrogen (secondary N) is 1. The lowest BCUT2D eigenvalue weighted by Crippen LogP contribution is -2.38. The molecule has 4 rings (SSSR count). The smallest absolute Gasteiger partial charge is 0.270 e. The Balaban J connectivity index is 1.50. The summed E-state index contributed by atoms with van der Waals surface area (Å²) in [5.41, 5.74) is 4.34. The highest BCUT2D eigenvalue weighted by atomic mass is 16.5. The zero-order valence-corrected chi connectivity index (χ0v) is 17.7. The van der Waals surface area contributed by atoms with Crippen LogP contribution in [-0.4, -0.2) is 64.5 Å². The molecule has 3 aromatic rings. The number of hydrogen-bond donors (Lipinski definition) is 1. The minimum absolute atomic E-state index is 0.106. The molecule has 0 saturated carbocycles. The van der Waals surface area contributed by atoms with Crippen LogP contribution in [0.15, 0.2) is 48.7 Å². The molecule has 3 heterocycles. The first kappa shape index (κ1) is 20.4. The van der Waals surface area contributed by atoms with E-state index in [-0.39, 0.29) is 5.91 Å². The Hall–Kier alpha value is -2.90. The molecule has 1 amide bonds. The summed E-state index contributed by atoms with van der Waals surface area (Å²) in [6.45, 7) is 7.17. The Morgan fingerprint density at radius 3 is 2.63 bits per heavy atom. The second-order valence-electron chi connectivity index (χ2n) is 7.73. The molecule has 2 aromatic heterocycles. The maximum Gasteiger partial charge on any atom is 0.270 e. The molecule has 0 atom stereocenters. The molecule has 1 fully saturated rings. The molecule has 0 radical (unpaired) electrons. The second kappa shape index (κ2) is 9.28. The zero-order valence-electron chi connectivity index (χ0n) is 17.7. The Bertz CT molecular complexity index is 983. The molecule has 1 N–H and O–H groups in total. The molecule has 1 aliphatic rings. The van der Waals surface area contributed by atoms with Crippen molar-refractivity contribution >= 4 is 5.91 Å². The van der Waals surface area contributed by atoms with E-state index in [1.807, 2.05) is 67.2 Å². The van der Waals surface area contributed by atoms with Gasteiger partial charge in [-0.2, -0.15) is 5.10 Å². The third kappa shape index (κ3) is 4.63. The molecule has 0 spiro atoms. The van der Waals surface area contributed by atoms with Crippen LogP contribution in [0.25, 0.3) is 17.1 Å². The lowest BCUT2D eigenvalue weighted by molar-refractivity contribution is 0.0374. The number of aryl methyl sites for hydroxylation is 2. The first-order chi connectivity index (χ1) is 14.6. The summed E-state index contributed by atoms with van der Waals surface area (Å²) in [5.74, 6) is -0.106. The fourth-order valence-electron chi connectivity index (χ4n) is 3.70. The summed E-state index contributed by atoms with van der Waals surface area (Å²) < 4.78 is 9.12. The molecule has 30 heavy (non-hydrogen) atoms. The minimum atomic E-state index is -0.106. The summed E-state index contributed by atoms with van der Waals surface area (Å²) in [5, 5.41) is 7.82. The highest BCUT2D eigenvalue weighted by Crippen LogP contribution is 2.22. The van der Waals surface area contributed by atoms with Gasteiger partial charge in [-0.25, -0.2) is 4.68 Å². The van der Waals surface area contributed by atoms with Gasteiger partial charge in [0, 0.05) is 32.9 Å². The van der Waals surface area contributed by atoms with E-state index in [2.05, 4.69) is 10.2 Å². The van der Waals surface area contributed by atoms with Crippen LogP contribution in [0, 0.1) is 6.92 Å². The van der Waals surface area contributed by atoms with Crippen molar-refractivity contribution in [2.45, 2.75) is 13.3 Å². The number of nitrogens with zero attached hydrogens (tertiary/aromatic N) is 4. The van der Waals surface area contributed by atoms with Gasteiger partial charge in [0.15, 0.2) is 0 Å². The predicted molar refractivity (Wildman–Crippen MR) is 117 cm³/mol. The van der Waals surface area contributed by atoms with Crippen molar-refractivity contribution in [3.05, 3.63) is 59.9 Å². The lowest BCUT2D eigenvalue weighted by atomic mass is 10.2. The van der Waals surface area contributed by atoms with Gasteiger partial charge >= 0.3 is 0 Å². The number of amides is 1. The van der Waals surface area contributed by atoms with Gasteiger partial charge in [-0.15, -0.1) is 0 Å². The number of carbonyl (C=O) groups excluding carboxylic acids is 1. The van der Waals surface area contributed by atoms with Crippen LogP contribution in [-0.2, 0) is 11.8 Å². The normalized spacial score (nSPS) is 14.7. The highest BCUT2D eigenvalue weighted by Gasteiger charge is 2.18. The van der Waals surface area contributed by atoms with Crippen LogP contribution >= 0.6 is 0 Å². The average molecular weight is 408 g/mol. The van der Waals surface area contributed by atoms with Crippen molar-refractivity contribution in [3.63, 3.8) is 0 Å². The van der Waals surface area contributed by atoms with Crippen molar-refractivity contribution in [1.82, 2.24) is 24.6 Å². The van der Waals surface area contributed by atoms with Gasteiger partial charge in [0.1, 0.15) is 11.4 Å². The van der Waals surface area contributed by atoms with Crippen LogP contribution in [0.4, 0.5) is 0 Å². The number of morpholine rings is 1. The SMILES string of the molecule is Cc1ccc(-n2nc(-c3cccn3C)cc2C(=O)NCCCN2CCOCC2)cc1. The van der Waals surface area contributed by atoms with Gasteiger partial charge in [0.25, 0.3) is 5.91 Å². The van der Waals surface area contributed by atoms with Gasteiger partial charge in [0.05, 0.1) is 24.6 Å². The van der Waals surface area contributed by atoms with Crippen molar-refractivity contribution < 1.29 is 9.53 Å². The summed E-state index contributed by atoms with van der Waals surface area (Å²) in [7, 11) is 1.98. The summed E-state index contributed by atoms with van der Waals surface area (Å²) in [6.07, 6.45) is 2.89. The van der Waals surface area contributed by atoms with E-state index in [4.69, 9.17) is 9.84 Å². The van der Waals surface area contributed by atoms with Crippen LogP contribution in [0.5, 0.6) is 0 Å². The van der Waals surface area contributed by atoms with Crippen molar-refractivity contribution in [3.8, 4) is 17.1 Å². The molecule has 1 aromatic carbocycles. The Labute approximate surface area is 177 Å². The summed E-state index contributed by atoms with van der Waals surface area (Å²) in [6, 6.07) is 13.9. The minimum Gasteiger partial charge on any atom is -0.379 e. The number of benzene rings is 1. The van der Waals surface area contributed by atoms with E-state index in [1.54, 1.807) is 4.68 Å². The van der Waals surface area contributed by atoms with Crippen LogP contribution < -0.4 is 5.32 Å². The largest absolute Gasteiger partial charge is 0.379 e. The standard InChI is InChI=1S/C23H29N5O2/c1-18-6-8-19(9-7-18)28-22(17-20(25-28)21-5-3-11-26(21)2)23(29)24-10-4-12-27-13-15-30-16-14-27/h3,5-9,11,17H,4,10,12-16H2,1-2H3,(H,24,29). The number of ether oxygens (including phenoxy) is 1.